The second kappa shape index (κ2) is 3.92. The van der Waals surface area contributed by atoms with E-state index in [1.54, 1.807) is 12.1 Å². The molecule has 1 amide bonds. The molecule has 1 unspecified atom stereocenters. The third-order valence-corrected chi connectivity index (χ3v) is 2.60. The maximum Gasteiger partial charge on any atom is 0.323 e. The molecule has 1 fully saturated rings. The van der Waals surface area contributed by atoms with E-state index in [0.29, 0.717) is 5.56 Å². The Labute approximate surface area is 91.3 Å². The van der Waals surface area contributed by atoms with Gasteiger partial charge in [-0.3, -0.25) is 9.59 Å². The molecular formula is C11H10FNO3. The molecule has 0 aliphatic carbocycles. The van der Waals surface area contributed by atoms with E-state index >= 15 is 0 Å². The van der Waals surface area contributed by atoms with E-state index in [0.717, 1.165) is 0 Å². The van der Waals surface area contributed by atoms with Crippen LogP contribution >= 0.6 is 0 Å². The van der Waals surface area contributed by atoms with Crippen LogP contribution in [0.5, 0.6) is 0 Å². The van der Waals surface area contributed by atoms with Crippen LogP contribution in [0.25, 0.3) is 0 Å². The van der Waals surface area contributed by atoms with Crippen LogP contribution < -0.4 is 0 Å². The molecule has 84 valence electrons. The monoisotopic (exact) mass is 223 g/mol. The molecule has 1 saturated heterocycles. The number of carboxylic acid groups (broad SMARTS) is 1. The Kier molecular flexibility index (Phi) is 2.60. The van der Waals surface area contributed by atoms with Crippen molar-refractivity contribution < 1.29 is 19.1 Å². The van der Waals surface area contributed by atoms with Crippen LogP contribution in [0, 0.1) is 5.82 Å². The van der Waals surface area contributed by atoms with Crippen LogP contribution in [0.3, 0.4) is 0 Å². The number of hydrogen-bond donors (Lipinski definition) is 1. The number of nitrogens with zero attached hydrogens (tertiary/aromatic N) is 1. The molecule has 16 heavy (non-hydrogen) atoms. The van der Waals surface area contributed by atoms with Gasteiger partial charge in [-0.25, -0.2) is 4.39 Å². The number of aliphatic carboxylic acids is 1. The molecule has 0 aromatic heterocycles. The number of carbonyl (C=O) groups is 2. The fraction of sp³-hybridized carbons (Fsp3) is 0.273. The fourth-order valence-electron chi connectivity index (χ4n) is 1.81. The number of carboxylic acids is 1. The Morgan fingerprint density at radius 1 is 1.56 bits per heavy atom. The first-order valence-electron chi connectivity index (χ1n) is 4.84. The Balaban J connectivity index is 2.16. The van der Waals surface area contributed by atoms with Crippen molar-refractivity contribution in [3.8, 4) is 0 Å². The molecule has 2 rings (SSSR count). The highest BCUT2D eigenvalue weighted by Crippen LogP contribution is 2.34. The van der Waals surface area contributed by atoms with Crippen LogP contribution in [0.4, 0.5) is 4.39 Å². The van der Waals surface area contributed by atoms with Crippen molar-refractivity contribution in [2.75, 3.05) is 6.54 Å². The lowest BCUT2D eigenvalue weighted by atomic mass is 9.94. The van der Waals surface area contributed by atoms with Crippen LogP contribution in [-0.4, -0.2) is 28.4 Å². The lowest BCUT2D eigenvalue weighted by Crippen LogP contribution is -2.48. The Bertz CT molecular complexity index is 447. The van der Waals surface area contributed by atoms with Crippen LogP contribution in [-0.2, 0) is 9.59 Å². The molecule has 0 saturated carbocycles. The van der Waals surface area contributed by atoms with Crippen LogP contribution in [0.2, 0.25) is 0 Å². The molecule has 1 aliphatic heterocycles. The van der Waals surface area contributed by atoms with E-state index in [9.17, 15) is 14.0 Å². The van der Waals surface area contributed by atoms with E-state index in [-0.39, 0.29) is 30.7 Å². The van der Waals surface area contributed by atoms with E-state index in [1.807, 2.05) is 0 Å². The minimum atomic E-state index is -1.06. The number of likely N-dealkylation sites (tertiary alicyclic amines) is 1. The molecule has 1 heterocycles. The molecular weight excluding hydrogens is 213 g/mol. The second-order valence-electron chi connectivity index (χ2n) is 3.69. The number of benzene rings is 1. The minimum absolute atomic E-state index is 0.211. The van der Waals surface area contributed by atoms with Gasteiger partial charge in [0.15, 0.2) is 0 Å². The van der Waals surface area contributed by atoms with Crippen molar-refractivity contribution in [2.45, 2.75) is 12.5 Å². The third kappa shape index (κ3) is 1.88. The molecule has 1 N–H and O–H groups in total. The van der Waals surface area contributed by atoms with E-state index < -0.39 is 5.97 Å². The fourth-order valence-corrected chi connectivity index (χ4v) is 1.81. The highest BCUT2D eigenvalue weighted by Gasteiger charge is 2.38. The first-order chi connectivity index (χ1) is 7.58. The number of hydrogen-bond acceptors (Lipinski definition) is 2. The van der Waals surface area contributed by atoms with Crippen LogP contribution in [0.15, 0.2) is 24.3 Å². The zero-order valence-corrected chi connectivity index (χ0v) is 8.39. The summed E-state index contributed by atoms with van der Waals surface area (Å²) >= 11 is 0. The number of carbonyl (C=O) groups excluding carboxylic acids is 1. The Hall–Kier alpha value is -1.91. The number of rotatable bonds is 3. The average molecular weight is 223 g/mol. The van der Waals surface area contributed by atoms with E-state index in [2.05, 4.69) is 0 Å². The van der Waals surface area contributed by atoms with Gasteiger partial charge in [0, 0.05) is 0 Å². The molecule has 1 aromatic carbocycles. The van der Waals surface area contributed by atoms with Gasteiger partial charge in [-0.15, -0.1) is 0 Å². The van der Waals surface area contributed by atoms with Crippen molar-refractivity contribution in [3.63, 3.8) is 0 Å². The number of halogens is 1. The third-order valence-electron chi connectivity index (χ3n) is 2.60. The van der Waals surface area contributed by atoms with Crippen molar-refractivity contribution in [1.29, 1.82) is 0 Å². The van der Waals surface area contributed by atoms with Crippen molar-refractivity contribution in [1.82, 2.24) is 4.90 Å². The standard InChI is InChI=1S/C11H10FNO3/c12-8-3-1-2-7(4-8)9-5-10(14)13(9)6-11(15)16/h1-4,9H,5-6H2,(H,15,16). The summed E-state index contributed by atoms with van der Waals surface area (Å²) in [6.07, 6.45) is 0.247. The molecule has 4 nitrogen and oxygen atoms in total. The summed E-state index contributed by atoms with van der Waals surface area (Å²) < 4.78 is 13.0. The first kappa shape index (κ1) is 10.6. The smallest absolute Gasteiger partial charge is 0.323 e. The van der Waals surface area contributed by atoms with Gasteiger partial charge < -0.3 is 10.0 Å². The quantitative estimate of drug-likeness (QED) is 0.783. The highest BCUT2D eigenvalue weighted by molar-refractivity contribution is 5.87. The van der Waals surface area contributed by atoms with Gasteiger partial charge in [-0.05, 0) is 17.7 Å². The normalized spacial score (nSPS) is 19.4. The highest BCUT2D eigenvalue weighted by atomic mass is 19.1. The predicted molar refractivity (Wildman–Crippen MR) is 53.1 cm³/mol. The summed E-state index contributed by atoms with van der Waals surface area (Å²) in [6.45, 7) is -0.333. The van der Waals surface area contributed by atoms with Crippen molar-refractivity contribution in [2.24, 2.45) is 0 Å². The molecule has 1 atom stereocenters. The lowest BCUT2D eigenvalue weighted by Gasteiger charge is -2.39. The van der Waals surface area contributed by atoms with Gasteiger partial charge >= 0.3 is 5.97 Å². The largest absolute Gasteiger partial charge is 0.480 e. The van der Waals surface area contributed by atoms with Gasteiger partial charge in [0.2, 0.25) is 5.91 Å². The zero-order valence-electron chi connectivity index (χ0n) is 8.39. The lowest BCUT2D eigenvalue weighted by molar-refractivity contribution is -0.155. The predicted octanol–water partition coefficient (Wildman–Crippen LogP) is 1.18. The van der Waals surface area contributed by atoms with Gasteiger partial charge in [0.25, 0.3) is 0 Å². The SMILES string of the molecule is O=C(O)CN1C(=O)CC1c1cccc(F)c1. The Morgan fingerprint density at radius 3 is 2.88 bits per heavy atom. The molecule has 5 heteroatoms. The maximum atomic E-state index is 13.0. The van der Waals surface area contributed by atoms with Crippen molar-refractivity contribution in [3.05, 3.63) is 35.6 Å². The second-order valence-corrected chi connectivity index (χ2v) is 3.69. The van der Waals surface area contributed by atoms with Crippen molar-refractivity contribution >= 4 is 11.9 Å². The number of amides is 1. The molecule has 0 spiro atoms. The van der Waals surface area contributed by atoms with Gasteiger partial charge in [0.05, 0.1) is 12.5 Å². The van der Waals surface area contributed by atoms with Gasteiger partial charge in [-0.2, -0.15) is 0 Å². The summed E-state index contributed by atoms with van der Waals surface area (Å²) in [6, 6.07) is 5.57. The molecule has 1 aromatic rings. The average Bonchev–Trinajstić information content (AvgIpc) is 2.22. The van der Waals surface area contributed by atoms with Gasteiger partial charge in [0.1, 0.15) is 12.4 Å². The first-order valence-corrected chi connectivity index (χ1v) is 4.84. The molecule has 0 bridgehead atoms. The van der Waals surface area contributed by atoms with Gasteiger partial charge in [-0.1, -0.05) is 12.1 Å². The summed E-state index contributed by atoms with van der Waals surface area (Å²) in [5.41, 5.74) is 0.640. The topological polar surface area (TPSA) is 57.6 Å². The maximum absolute atomic E-state index is 13.0. The van der Waals surface area contributed by atoms with E-state index in [4.69, 9.17) is 5.11 Å². The Morgan fingerprint density at radius 2 is 2.31 bits per heavy atom. The molecule has 1 aliphatic rings. The van der Waals surface area contributed by atoms with Crippen LogP contribution in [0.1, 0.15) is 18.0 Å². The summed E-state index contributed by atoms with van der Waals surface area (Å²) in [7, 11) is 0. The molecule has 0 radical (unpaired) electrons. The summed E-state index contributed by atoms with van der Waals surface area (Å²) in [5, 5.41) is 8.62. The number of β-lactam (4-membered cyclic amide) rings is 1. The zero-order chi connectivity index (χ0) is 11.7. The summed E-state index contributed by atoms with van der Waals surface area (Å²) in [4.78, 5) is 23.0. The minimum Gasteiger partial charge on any atom is -0.480 e. The summed E-state index contributed by atoms with van der Waals surface area (Å²) in [5.74, 6) is -1.65. The van der Waals surface area contributed by atoms with E-state index in [1.165, 1.54) is 17.0 Å².